The molecule has 2 heterocycles. The lowest BCUT2D eigenvalue weighted by molar-refractivity contribution is 0.0701. The molecule has 4 nitrogen and oxygen atoms in total. The molecule has 25 heavy (non-hydrogen) atoms. The van der Waals surface area contributed by atoms with E-state index in [4.69, 9.17) is 0 Å². The van der Waals surface area contributed by atoms with Crippen LogP contribution in [0.1, 0.15) is 41.8 Å². The van der Waals surface area contributed by atoms with E-state index in [1.54, 1.807) is 17.7 Å². The van der Waals surface area contributed by atoms with Crippen LogP contribution in [0.5, 0.6) is 0 Å². The molecule has 0 bridgehead atoms. The van der Waals surface area contributed by atoms with Crippen LogP contribution in [0.2, 0.25) is 0 Å². The number of thiophene rings is 1. The number of rotatable bonds is 2. The molecule has 130 valence electrons. The summed E-state index contributed by atoms with van der Waals surface area (Å²) in [5.74, 6) is 0.0410. The number of pyridine rings is 1. The van der Waals surface area contributed by atoms with Gasteiger partial charge in [0.2, 0.25) is 0 Å². The fourth-order valence-electron chi connectivity index (χ4n) is 3.91. The molecule has 0 spiro atoms. The fourth-order valence-corrected chi connectivity index (χ4v) is 5.08. The van der Waals surface area contributed by atoms with E-state index in [0.29, 0.717) is 16.3 Å². The van der Waals surface area contributed by atoms with Gasteiger partial charge in [-0.15, -0.1) is 11.3 Å². The van der Waals surface area contributed by atoms with E-state index in [2.05, 4.69) is 0 Å². The molecule has 2 aromatic heterocycles. The summed E-state index contributed by atoms with van der Waals surface area (Å²) in [6.07, 6.45) is 5.82. The Bertz CT molecular complexity index is 1010. The first-order valence-corrected chi connectivity index (χ1v) is 9.68. The van der Waals surface area contributed by atoms with Gasteiger partial charge in [0.05, 0.1) is 15.8 Å². The lowest BCUT2D eigenvalue weighted by atomic mass is 9.94. The van der Waals surface area contributed by atoms with Gasteiger partial charge in [-0.3, -0.25) is 9.59 Å². The monoisotopic (exact) mass is 354 g/mol. The average Bonchev–Trinajstić information content (AvgIpc) is 3.11. The van der Waals surface area contributed by atoms with Gasteiger partial charge in [-0.25, -0.2) is 0 Å². The highest BCUT2D eigenvalue weighted by molar-refractivity contribution is 7.21. The lowest BCUT2D eigenvalue weighted by Gasteiger charge is -2.30. The van der Waals surface area contributed by atoms with Gasteiger partial charge in [0, 0.05) is 30.2 Å². The zero-order valence-corrected chi connectivity index (χ0v) is 15.4. The third-order valence-corrected chi connectivity index (χ3v) is 6.59. The summed E-state index contributed by atoms with van der Waals surface area (Å²) in [5, 5.41) is 1.68. The second-order valence-corrected chi connectivity index (χ2v) is 7.99. The molecule has 0 aliphatic heterocycles. The summed E-state index contributed by atoms with van der Waals surface area (Å²) in [6, 6.07) is 9.99. The summed E-state index contributed by atoms with van der Waals surface area (Å²) in [5.41, 5.74) is 0.866. The van der Waals surface area contributed by atoms with Crippen LogP contribution in [0.15, 0.2) is 35.1 Å². The van der Waals surface area contributed by atoms with Crippen LogP contribution in [0.4, 0.5) is 0 Å². The number of benzene rings is 1. The van der Waals surface area contributed by atoms with Crippen molar-refractivity contribution in [3.63, 3.8) is 0 Å². The molecule has 1 amide bonds. The molecule has 1 aliphatic rings. The summed E-state index contributed by atoms with van der Waals surface area (Å²) in [7, 11) is 3.69. The highest BCUT2D eigenvalue weighted by atomic mass is 32.1. The van der Waals surface area contributed by atoms with Crippen molar-refractivity contribution in [2.75, 3.05) is 7.05 Å². The average molecular weight is 354 g/mol. The Morgan fingerprint density at radius 3 is 2.64 bits per heavy atom. The molecule has 1 fully saturated rings. The maximum atomic E-state index is 13.0. The van der Waals surface area contributed by atoms with Crippen molar-refractivity contribution >= 4 is 38.2 Å². The van der Waals surface area contributed by atoms with Crippen molar-refractivity contribution in [1.82, 2.24) is 9.47 Å². The Kier molecular flexibility index (Phi) is 4.12. The van der Waals surface area contributed by atoms with E-state index >= 15 is 0 Å². The lowest BCUT2D eigenvalue weighted by Crippen LogP contribution is -2.37. The van der Waals surface area contributed by atoms with Gasteiger partial charge in [0.15, 0.2) is 0 Å². The predicted octanol–water partition coefficient (Wildman–Crippen LogP) is 4.16. The van der Waals surface area contributed by atoms with Crippen LogP contribution in [-0.2, 0) is 7.05 Å². The zero-order valence-electron chi connectivity index (χ0n) is 14.6. The first-order chi connectivity index (χ1) is 12.1. The highest BCUT2D eigenvalue weighted by Gasteiger charge is 2.25. The summed E-state index contributed by atoms with van der Waals surface area (Å²) < 4.78 is 2.59. The minimum atomic E-state index is -0.0377. The van der Waals surface area contributed by atoms with Crippen molar-refractivity contribution in [2.24, 2.45) is 7.05 Å². The van der Waals surface area contributed by atoms with Crippen LogP contribution < -0.4 is 5.56 Å². The van der Waals surface area contributed by atoms with Crippen LogP contribution in [0, 0.1) is 0 Å². The predicted molar refractivity (Wildman–Crippen MR) is 104 cm³/mol. The Hall–Kier alpha value is -2.14. The van der Waals surface area contributed by atoms with Crippen molar-refractivity contribution < 1.29 is 4.79 Å². The fraction of sp³-hybridized carbons (Fsp3) is 0.400. The number of para-hydroxylation sites is 1. The highest BCUT2D eigenvalue weighted by Crippen LogP contribution is 2.32. The second-order valence-electron chi connectivity index (χ2n) is 6.94. The number of carbonyl (C=O) groups is 1. The van der Waals surface area contributed by atoms with E-state index in [1.165, 1.54) is 30.6 Å². The quantitative estimate of drug-likeness (QED) is 0.693. The van der Waals surface area contributed by atoms with Gasteiger partial charge in [0.1, 0.15) is 0 Å². The molecular formula is C20H22N2O2S. The van der Waals surface area contributed by atoms with Crippen molar-refractivity contribution in [2.45, 2.75) is 38.1 Å². The van der Waals surface area contributed by atoms with Gasteiger partial charge in [0.25, 0.3) is 11.5 Å². The van der Waals surface area contributed by atoms with Crippen LogP contribution >= 0.6 is 11.3 Å². The maximum absolute atomic E-state index is 13.0. The van der Waals surface area contributed by atoms with E-state index in [-0.39, 0.29) is 11.5 Å². The minimum absolute atomic E-state index is 0.0377. The molecule has 0 unspecified atom stereocenters. The number of hydrogen-bond acceptors (Lipinski definition) is 3. The molecule has 3 aromatic rings. The Morgan fingerprint density at radius 1 is 1.16 bits per heavy atom. The van der Waals surface area contributed by atoms with E-state index < -0.39 is 0 Å². The number of amides is 1. The van der Waals surface area contributed by atoms with Gasteiger partial charge in [-0.1, -0.05) is 37.5 Å². The number of hydrogen-bond donors (Lipinski definition) is 0. The number of carbonyl (C=O) groups excluding carboxylic acids is 1. The van der Waals surface area contributed by atoms with Crippen LogP contribution in [-0.4, -0.2) is 28.5 Å². The number of fused-ring (bicyclic) bond motifs is 3. The Balaban J connectivity index is 1.81. The number of aromatic nitrogens is 1. The molecule has 0 N–H and O–H groups in total. The maximum Gasteiger partial charge on any atom is 0.263 e. The molecule has 5 heteroatoms. The third-order valence-electron chi connectivity index (χ3n) is 5.43. The van der Waals surface area contributed by atoms with Gasteiger partial charge < -0.3 is 9.47 Å². The van der Waals surface area contributed by atoms with E-state index in [1.807, 2.05) is 36.2 Å². The zero-order chi connectivity index (χ0) is 17.6. The normalized spacial score (nSPS) is 15.8. The molecule has 1 aromatic carbocycles. The first kappa shape index (κ1) is 16.3. The third kappa shape index (κ3) is 2.67. The van der Waals surface area contributed by atoms with E-state index in [0.717, 1.165) is 28.4 Å². The van der Waals surface area contributed by atoms with Gasteiger partial charge >= 0.3 is 0 Å². The van der Waals surface area contributed by atoms with Gasteiger partial charge in [-0.2, -0.15) is 0 Å². The summed E-state index contributed by atoms with van der Waals surface area (Å²) in [6.45, 7) is 0. The SMILES string of the molecule is CN(C(=O)c1cc2c(=O)n(C)c3ccccc3c2s1)C1CCCCC1. The molecule has 0 radical (unpaired) electrons. The first-order valence-electron chi connectivity index (χ1n) is 8.86. The van der Waals surface area contributed by atoms with E-state index in [9.17, 15) is 9.59 Å². The Labute approximate surface area is 150 Å². The smallest absolute Gasteiger partial charge is 0.263 e. The van der Waals surface area contributed by atoms with Crippen molar-refractivity contribution in [3.8, 4) is 0 Å². The van der Waals surface area contributed by atoms with Gasteiger partial charge in [-0.05, 0) is 25.0 Å². The minimum Gasteiger partial charge on any atom is -0.338 e. The van der Waals surface area contributed by atoms with Crippen LogP contribution in [0.25, 0.3) is 21.0 Å². The summed E-state index contributed by atoms with van der Waals surface area (Å²) >= 11 is 1.45. The summed E-state index contributed by atoms with van der Waals surface area (Å²) in [4.78, 5) is 28.2. The van der Waals surface area contributed by atoms with Crippen LogP contribution in [0.3, 0.4) is 0 Å². The molecular weight excluding hydrogens is 332 g/mol. The topological polar surface area (TPSA) is 42.3 Å². The standard InChI is InChI=1S/C20H22N2O2S/c1-21(13-8-4-3-5-9-13)20(24)17-12-15-18(25-17)14-10-6-7-11-16(14)22(2)19(15)23/h6-7,10-13H,3-5,8-9H2,1-2H3. The second kappa shape index (κ2) is 6.30. The largest absolute Gasteiger partial charge is 0.338 e. The van der Waals surface area contributed by atoms with Crippen molar-refractivity contribution in [3.05, 3.63) is 45.6 Å². The van der Waals surface area contributed by atoms with Crippen molar-refractivity contribution in [1.29, 1.82) is 0 Å². The Morgan fingerprint density at radius 2 is 1.88 bits per heavy atom. The molecule has 1 aliphatic carbocycles. The number of aryl methyl sites for hydroxylation is 1. The molecule has 0 atom stereocenters. The molecule has 0 saturated heterocycles. The molecule has 4 rings (SSSR count). The number of nitrogens with zero attached hydrogens (tertiary/aromatic N) is 2. The molecule has 1 saturated carbocycles.